The Labute approximate surface area is 101 Å². The van der Waals surface area contributed by atoms with Gasteiger partial charge in [0.1, 0.15) is 5.41 Å². The topological polar surface area (TPSA) is 69.6 Å². The van der Waals surface area contributed by atoms with Crippen LogP contribution in [0.5, 0.6) is 0 Å². The third-order valence-corrected chi connectivity index (χ3v) is 3.98. The minimum absolute atomic E-state index is 0.288. The smallest absolute Gasteiger partial charge is 0.319 e. The fraction of sp³-hybridized carbons (Fsp3) is 0.833. The Morgan fingerprint density at radius 1 is 1.35 bits per heavy atom. The van der Waals surface area contributed by atoms with Crippen LogP contribution in [0.15, 0.2) is 0 Å². The van der Waals surface area contributed by atoms with Crippen molar-refractivity contribution < 1.29 is 14.7 Å². The minimum Gasteiger partial charge on any atom is -0.480 e. The van der Waals surface area contributed by atoms with E-state index in [1.54, 1.807) is 0 Å². The van der Waals surface area contributed by atoms with E-state index in [-0.39, 0.29) is 5.91 Å². The molecule has 1 aliphatic carbocycles. The SMILES string of the molecule is CN1CCC(CNC(=O)C2(C(=O)O)CC2)CC1. The molecule has 2 N–H and O–H groups in total. The molecule has 17 heavy (non-hydrogen) atoms. The van der Waals surface area contributed by atoms with Gasteiger partial charge in [-0.05, 0) is 51.7 Å². The van der Waals surface area contributed by atoms with E-state index in [1.165, 1.54) is 0 Å². The molecule has 0 radical (unpaired) electrons. The number of carboxylic acid groups (broad SMARTS) is 1. The van der Waals surface area contributed by atoms with Crippen molar-refractivity contribution in [2.24, 2.45) is 11.3 Å². The van der Waals surface area contributed by atoms with Crippen molar-refractivity contribution in [1.29, 1.82) is 0 Å². The first kappa shape index (κ1) is 12.4. The van der Waals surface area contributed by atoms with Crippen LogP contribution in [0.3, 0.4) is 0 Å². The molecule has 1 saturated heterocycles. The number of amides is 1. The van der Waals surface area contributed by atoms with E-state index in [1.807, 2.05) is 0 Å². The van der Waals surface area contributed by atoms with Gasteiger partial charge in [-0.3, -0.25) is 9.59 Å². The lowest BCUT2D eigenvalue weighted by molar-refractivity contribution is -0.149. The van der Waals surface area contributed by atoms with Gasteiger partial charge in [0.25, 0.3) is 0 Å². The first-order chi connectivity index (χ1) is 8.04. The highest BCUT2D eigenvalue weighted by Gasteiger charge is 2.57. The molecule has 0 aromatic rings. The Morgan fingerprint density at radius 2 is 1.94 bits per heavy atom. The lowest BCUT2D eigenvalue weighted by Gasteiger charge is -2.29. The van der Waals surface area contributed by atoms with Crippen molar-refractivity contribution in [1.82, 2.24) is 10.2 Å². The van der Waals surface area contributed by atoms with Crippen LogP contribution in [-0.4, -0.2) is 48.6 Å². The summed E-state index contributed by atoms with van der Waals surface area (Å²) in [7, 11) is 2.10. The van der Waals surface area contributed by atoms with E-state index < -0.39 is 11.4 Å². The highest BCUT2D eigenvalue weighted by molar-refractivity contribution is 6.04. The molecule has 1 saturated carbocycles. The minimum atomic E-state index is -1.09. The zero-order valence-corrected chi connectivity index (χ0v) is 10.2. The summed E-state index contributed by atoms with van der Waals surface area (Å²) < 4.78 is 0. The van der Waals surface area contributed by atoms with E-state index in [2.05, 4.69) is 17.3 Å². The molecule has 5 heteroatoms. The number of carbonyl (C=O) groups excluding carboxylic acids is 1. The number of hydrogen-bond acceptors (Lipinski definition) is 3. The molecule has 2 fully saturated rings. The summed E-state index contributed by atoms with van der Waals surface area (Å²) in [5.74, 6) is -0.762. The quantitative estimate of drug-likeness (QED) is 0.694. The third-order valence-electron chi connectivity index (χ3n) is 3.98. The maximum Gasteiger partial charge on any atom is 0.319 e. The van der Waals surface area contributed by atoms with Crippen molar-refractivity contribution in [2.45, 2.75) is 25.7 Å². The van der Waals surface area contributed by atoms with E-state index in [4.69, 9.17) is 5.11 Å². The van der Waals surface area contributed by atoms with E-state index >= 15 is 0 Å². The summed E-state index contributed by atoms with van der Waals surface area (Å²) >= 11 is 0. The van der Waals surface area contributed by atoms with Crippen molar-refractivity contribution >= 4 is 11.9 Å². The molecule has 0 bridgehead atoms. The molecule has 96 valence electrons. The number of piperidine rings is 1. The van der Waals surface area contributed by atoms with Crippen molar-refractivity contribution in [3.63, 3.8) is 0 Å². The van der Waals surface area contributed by atoms with Crippen LogP contribution in [0.4, 0.5) is 0 Å². The Balaban J connectivity index is 1.75. The number of likely N-dealkylation sites (tertiary alicyclic amines) is 1. The highest BCUT2D eigenvalue weighted by atomic mass is 16.4. The van der Waals surface area contributed by atoms with E-state index in [0.717, 1.165) is 25.9 Å². The second-order valence-corrected chi connectivity index (χ2v) is 5.34. The summed E-state index contributed by atoms with van der Waals surface area (Å²) in [5.41, 5.74) is -1.09. The van der Waals surface area contributed by atoms with Crippen molar-refractivity contribution in [3.8, 4) is 0 Å². The molecule has 0 aromatic heterocycles. The van der Waals surface area contributed by atoms with E-state index in [0.29, 0.717) is 25.3 Å². The van der Waals surface area contributed by atoms with Gasteiger partial charge in [0.05, 0.1) is 0 Å². The third kappa shape index (κ3) is 2.60. The second-order valence-electron chi connectivity index (χ2n) is 5.34. The summed E-state index contributed by atoms with van der Waals surface area (Å²) in [6, 6.07) is 0. The molecule has 0 aromatic carbocycles. The van der Waals surface area contributed by atoms with Crippen molar-refractivity contribution in [3.05, 3.63) is 0 Å². The lowest BCUT2D eigenvalue weighted by atomic mass is 9.96. The highest BCUT2D eigenvalue weighted by Crippen LogP contribution is 2.46. The summed E-state index contributed by atoms with van der Waals surface area (Å²) in [6.07, 6.45) is 3.14. The number of carboxylic acids is 1. The molecule has 2 rings (SSSR count). The Kier molecular flexibility index (Phi) is 3.38. The number of nitrogens with zero attached hydrogens (tertiary/aromatic N) is 1. The van der Waals surface area contributed by atoms with Crippen LogP contribution in [0, 0.1) is 11.3 Å². The Hall–Kier alpha value is -1.10. The largest absolute Gasteiger partial charge is 0.480 e. The molecule has 0 unspecified atom stereocenters. The number of carbonyl (C=O) groups is 2. The van der Waals surface area contributed by atoms with Gasteiger partial charge in [-0.15, -0.1) is 0 Å². The van der Waals surface area contributed by atoms with Gasteiger partial charge in [-0.1, -0.05) is 0 Å². The van der Waals surface area contributed by atoms with Crippen LogP contribution in [-0.2, 0) is 9.59 Å². The molecule has 0 spiro atoms. The zero-order valence-electron chi connectivity index (χ0n) is 10.2. The number of nitrogens with one attached hydrogen (secondary N) is 1. The lowest BCUT2D eigenvalue weighted by Crippen LogP contribution is -2.41. The summed E-state index contributed by atoms with van der Waals surface area (Å²) in [4.78, 5) is 25.0. The molecule has 1 heterocycles. The van der Waals surface area contributed by atoms with Crippen LogP contribution in [0.1, 0.15) is 25.7 Å². The van der Waals surface area contributed by atoms with Crippen LogP contribution >= 0.6 is 0 Å². The van der Waals surface area contributed by atoms with Gasteiger partial charge in [0.2, 0.25) is 5.91 Å². The zero-order chi connectivity index (χ0) is 12.5. The fourth-order valence-electron chi connectivity index (χ4n) is 2.34. The van der Waals surface area contributed by atoms with Gasteiger partial charge in [-0.25, -0.2) is 0 Å². The molecular weight excluding hydrogens is 220 g/mol. The molecule has 1 amide bonds. The summed E-state index contributed by atoms with van der Waals surface area (Å²) in [6.45, 7) is 2.75. The van der Waals surface area contributed by atoms with Crippen LogP contribution < -0.4 is 5.32 Å². The molecule has 2 aliphatic rings. The predicted octanol–water partition coefficient (Wildman–Crippen LogP) is 0.309. The first-order valence-electron chi connectivity index (χ1n) is 6.25. The maximum absolute atomic E-state index is 11.8. The molecule has 1 aliphatic heterocycles. The standard InChI is InChI=1S/C12H20N2O3/c1-14-6-2-9(3-7-14)8-13-10(15)12(4-5-12)11(16)17/h9H,2-8H2,1H3,(H,13,15)(H,16,17). The van der Waals surface area contributed by atoms with Gasteiger partial charge in [0, 0.05) is 6.54 Å². The van der Waals surface area contributed by atoms with Gasteiger partial charge < -0.3 is 15.3 Å². The molecule has 0 atom stereocenters. The number of aliphatic carboxylic acids is 1. The average molecular weight is 240 g/mol. The first-order valence-corrected chi connectivity index (χ1v) is 6.25. The van der Waals surface area contributed by atoms with E-state index in [9.17, 15) is 9.59 Å². The fourth-order valence-corrected chi connectivity index (χ4v) is 2.34. The maximum atomic E-state index is 11.8. The van der Waals surface area contributed by atoms with Crippen molar-refractivity contribution in [2.75, 3.05) is 26.7 Å². The Morgan fingerprint density at radius 3 is 2.41 bits per heavy atom. The second kappa shape index (κ2) is 4.64. The normalized spacial score (nSPS) is 24.3. The number of rotatable bonds is 4. The summed E-state index contributed by atoms with van der Waals surface area (Å²) in [5, 5.41) is 11.8. The van der Waals surface area contributed by atoms with Gasteiger partial charge >= 0.3 is 5.97 Å². The van der Waals surface area contributed by atoms with Gasteiger partial charge in [-0.2, -0.15) is 0 Å². The molecule has 5 nitrogen and oxygen atoms in total. The Bertz CT molecular complexity index is 318. The van der Waals surface area contributed by atoms with Crippen LogP contribution in [0.2, 0.25) is 0 Å². The predicted molar refractivity (Wildman–Crippen MR) is 62.5 cm³/mol. The average Bonchev–Trinajstić information content (AvgIpc) is 3.09. The molecular formula is C12H20N2O3. The van der Waals surface area contributed by atoms with Gasteiger partial charge in [0.15, 0.2) is 0 Å². The monoisotopic (exact) mass is 240 g/mol. The number of hydrogen-bond donors (Lipinski definition) is 2. The van der Waals surface area contributed by atoms with Crippen LogP contribution in [0.25, 0.3) is 0 Å².